The summed E-state index contributed by atoms with van der Waals surface area (Å²) >= 11 is 0. The molecule has 0 saturated carbocycles. The topological polar surface area (TPSA) is 76.4 Å². The molecule has 0 amide bonds. The predicted molar refractivity (Wildman–Crippen MR) is 117 cm³/mol. The zero-order chi connectivity index (χ0) is 21.0. The van der Waals surface area contributed by atoms with Gasteiger partial charge in [-0.3, -0.25) is 0 Å². The zero-order valence-electron chi connectivity index (χ0n) is 16.9. The highest BCUT2D eigenvalue weighted by molar-refractivity contribution is 5.37. The van der Waals surface area contributed by atoms with Gasteiger partial charge in [0.05, 0.1) is 0 Å². The maximum Gasteiger partial charge on any atom is 0.278 e. The summed E-state index contributed by atoms with van der Waals surface area (Å²) in [6, 6.07) is 15.3. The van der Waals surface area contributed by atoms with Crippen LogP contribution in [0.5, 0.6) is 11.5 Å². The van der Waals surface area contributed by atoms with Crippen LogP contribution >= 0.6 is 0 Å². The summed E-state index contributed by atoms with van der Waals surface area (Å²) < 4.78 is 12.5. The third-order valence-electron chi connectivity index (χ3n) is 4.49. The average molecular weight is 396 g/mol. The number of benzene rings is 2. The van der Waals surface area contributed by atoms with Crippen LogP contribution in [0, 0.1) is 0 Å². The Labute approximate surface area is 173 Å². The molecule has 2 aromatic carbocycles. The minimum absolute atomic E-state index is 0.376. The molecule has 5 heteroatoms. The molecule has 0 atom stereocenters. The van der Waals surface area contributed by atoms with E-state index < -0.39 is 12.4 Å². The van der Waals surface area contributed by atoms with Crippen LogP contribution < -0.4 is 20.5 Å². The van der Waals surface area contributed by atoms with Crippen molar-refractivity contribution in [3.8, 4) is 11.5 Å². The first kappa shape index (κ1) is 22.7. The maximum absolute atomic E-state index is 12.4. The third kappa shape index (κ3) is 6.75. The molecule has 0 heterocycles. The molecule has 0 unspecified atom stereocenters. The van der Waals surface area contributed by atoms with Crippen molar-refractivity contribution in [3.05, 3.63) is 85.0 Å². The van der Waals surface area contributed by atoms with Crippen molar-refractivity contribution < 1.29 is 14.6 Å². The Hall–Kier alpha value is -2.60. The Morgan fingerprint density at radius 1 is 0.897 bits per heavy atom. The quantitative estimate of drug-likeness (QED) is 0.291. The molecule has 1 radical (unpaired) electrons. The monoisotopic (exact) mass is 395 g/mol. The molecule has 0 aliphatic heterocycles. The fourth-order valence-corrected chi connectivity index (χ4v) is 3.02. The molecule has 3 N–H and O–H groups in total. The number of hydrogen-bond donors (Lipinski definition) is 2. The first-order chi connectivity index (χ1) is 14.2. The average Bonchev–Trinajstić information content (AvgIpc) is 2.74. The lowest BCUT2D eigenvalue weighted by Crippen LogP contribution is -2.48. The van der Waals surface area contributed by atoms with Gasteiger partial charge in [-0.1, -0.05) is 48.6 Å². The van der Waals surface area contributed by atoms with Crippen molar-refractivity contribution in [2.45, 2.75) is 25.0 Å². The van der Waals surface area contributed by atoms with Crippen LogP contribution in [0.25, 0.3) is 0 Å². The first-order valence-corrected chi connectivity index (χ1v) is 9.92. The van der Waals surface area contributed by atoms with Crippen molar-refractivity contribution in [1.29, 1.82) is 0 Å². The molecule has 155 valence electrons. The Morgan fingerprint density at radius 2 is 1.41 bits per heavy atom. The van der Waals surface area contributed by atoms with Gasteiger partial charge in [-0.25, -0.2) is 5.11 Å². The van der Waals surface area contributed by atoms with E-state index in [9.17, 15) is 5.11 Å². The van der Waals surface area contributed by atoms with Crippen LogP contribution in [0.15, 0.2) is 73.8 Å². The van der Waals surface area contributed by atoms with Crippen LogP contribution in [0.1, 0.15) is 17.5 Å². The number of ether oxygens (including phenoxy) is 2. The molecule has 0 saturated heterocycles. The Kier molecular flexibility index (Phi) is 9.44. The molecule has 29 heavy (non-hydrogen) atoms. The summed E-state index contributed by atoms with van der Waals surface area (Å²) in [5.41, 5.74) is 7.47. The smallest absolute Gasteiger partial charge is 0.278 e. The van der Waals surface area contributed by atoms with Gasteiger partial charge in [0.25, 0.3) is 5.79 Å². The fraction of sp³-hybridized carbons (Fsp3) is 0.333. The summed E-state index contributed by atoms with van der Waals surface area (Å²) in [7, 11) is 0. The van der Waals surface area contributed by atoms with Gasteiger partial charge in [0.2, 0.25) is 0 Å². The summed E-state index contributed by atoms with van der Waals surface area (Å²) in [6.07, 6.45) is 5.28. The van der Waals surface area contributed by atoms with Crippen molar-refractivity contribution in [1.82, 2.24) is 5.32 Å². The highest BCUT2D eigenvalue weighted by atomic mass is 16.7. The Morgan fingerprint density at radius 3 is 1.86 bits per heavy atom. The number of allylic oxidation sites excluding steroid dienone is 2. The lowest BCUT2D eigenvalue weighted by molar-refractivity contribution is -0.162. The van der Waals surface area contributed by atoms with Crippen molar-refractivity contribution in [3.63, 3.8) is 0 Å². The summed E-state index contributed by atoms with van der Waals surface area (Å²) in [6.45, 7) is 8.79. The molecule has 0 fully saturated rings. The molecule has 0 bridgehead atoms. The van der Waals surface area contributed by atoms with E-state index in [-0.39, 0.29) is 0 Å². The van der Waals surface area contributed by atoms with Gasteiger partial charge in [-0.15, -0.1) is 13.2 Å². The van der Waals surface area contributed by atoms with E-state index in [4.69, 9.17) is 15.2 Å². The van der Waals surface area contributed by atoms with Gasteiger partial charge in [-0.2, -0.15) is 0 Å². The highest BCUT2D eigenvalue weighted by Gasteiger charge is 2.36. The molecule has 5 nitrogen and oxygen atoms in total. The molecular weight excluding hydrogens is 364 g/mol. The van der Waals surface area contributed by atoms with Gasteiger partial charge in [0, 0.05) is 26.1 Å². The van der Waals surface area contributed by atoms with Crippen LogP contribution in [0.3, 0.4) is 0 Å². The predicted octanol–water partition coefficient (Wildman–Crippen LogP) is 3.67. The highest BCUT2D eigenvalue weighted by Crippen LogP contribution is 2.30. The molecule has 2 rings (SSSR count). The van der Waals surface area contributed by atoms with E-state index in [1.54, 1.807) is 0 Å². The van der Waals surface area contributed by atoms with E-state index in [1.165, 1.54) is 0 Å². The lowest BCUT2D eigenvalue weighted by atomic mass is 10.1. The van der Waals surface area contributed by atoms with E-state index in [0.717, 1.165) is 11.1 Å². The number of rotatable bonds is 14. The number of nitrogens with one attached hydrogen (secondary N) is 1. The van der Waals surface area contributed by atoms with E-state index in [1.807, 2.05) is 60.7 Å². The minimum Gasteiger partial charge on any atom is -0.450 e. The molecular formula is C24H31N2O3. The molecule has 2 aromatic rings. The number of para-hydroxylation sites is 2. The molecule has 0 aliphatic rings. The van der Waals surface area contributed by atoms with Crippen LogP contribution in [-0.4, -0.2) is 32.0 Å². The van der Waals surface area contributed by atoms with Gasteiger partial charge < -0.3 is 20.5 Å². The fourth-order valence-electron chi connectivity index (χ4n) is 3.02. The Bertz CT molecular complexity index is 721. The van der Waals surface area contributed by atoms with Gasteiger partial charge in [-0.05, 0) is 36.1 Å². The number of nitrogens with two attached hydrogens (primary N) is 1. The standard InChI is InChI=1S/C24H31N2O3/c1-3-9-20-11-5-7-13-22(20)28-24(19-27,15-17-26-18-16-25)29-23-14-8-6-12-21(23)10-4-2/h3-8,11-14,26H,1-2,9-10,15-19,25H2. The van der Waals surface area contributed by atoms with Gasteiger partial charge >= 0.3 is 0 Å². The second-order valence-electron chi connectivity index (χ2n) is 6.75. The Balaban J connectivity index is 2.34. The minimum atomic E-state index is -1.35. The maximum atomic E-state index is 12.4. The summed E-state index contributed by atoms with van der Waals surface area (Å²) in [5.74, 6) is -0.0950. The van der Waals surface area contributed by atoms with Crippen LogP contribution in [0.2, 0.25) is 0 Å². The second-order valence-corrected chi connectivity index (χ2v) is 6.75. The van der Waals surface area contributed by atoms with E-state index >= 15 is 0 Å². The van der Waals surface area contributed by atoms with Gasteiger partial charge in [0.1, 0.15) is 11.5 Å². The van der Waals surface area contributed by atoms with E-state index in [0.29, 0.717) is 50.4 Å². The molecule has 0 spiro atoms. The van der Waals surface area contributed by atoms with Crippen LogP contribution in [-0.2, 0) is 17.9 Å². The first-order valence-electron chi connectivity index (χ1n) is 9.92. The van der Waals surface area contributed by atoms with E-state index in [2.05, 4.69) is 18.5 Å². The summed E-state index contributed by atoms with van der Waals surface area (Å²) in [4.78, 5) is 0. The summed E-state index contributed by atoms with van der Waals surface area (Å²) in [5, 5.41) is 15.6. The number of hydrogen-bond acceptors (Lipinski definition) is 4. The zero-order valence-corrected chi connectivity index (χ0v) is 16.9. The third-order valence-corrected chi connectivity index (χ3v) is 4.49. The molecule has 0 aliphatic carbocycles. The van der Waals surface area contributed by atoms with Gasteiger partial charge in [0.15, 0.2) is 6.61 Å². The second kappa shape index (κ2) is 12.1. The van der Waals surface area contributed by atoms with Crippen molar-refractivity contribution in [2.24, 2.45) is 5.73 Å². The molecule has 0 aromatic heterocycles. The van der Waals surface area contributed by atoms with Crippen LogP contribution in [0.4, 0.5) is 0 Å². The SMILES string of the molecule is C=CCc1ccccc1OC(C[O])(CCNCCN)Oc1ccccc1CC=C. The normalized spacial score (nSPS) is 11.1. The largest absolute Gasteiger partial charge is 0.450 e. The van der Waals surface area contributed by atoms with Crippen molar-refractivity contribution >= 4 is 0 Å². The van der Waals surface area contributed by atoms with Crippen molar-refractivity contribution in [2.75, 3.05) is 26.2 Å². The lowest BCUT2D eigenvalue weighted by Gasteiger charge is -2.34.